The van der Waals surface area contributed by atoms with Gasteiger partial charge in [-0.15, -0.1) is 0 Å². The van der Waals surface area contributed by atoms with E-state index in [0.29, 0.717) is 5.92 Å². The zero-order valence-corrected chi connectivity index (χ0v) is 6.07. The molecule has 1 radical (unpaired) electrons. The van der Waals surface area contributed by atoms with Crippen molar-refractivity contribution in [3.8, 4) is 0 Å². The highest BCUT2D eigenvalue weighted by molar-refractivity contribution is 4.63. The van der Waals surface area contributed by atoms with Crippen LogP contribution in [0.3, 0.4) is 0 Å². The topological polar surface area (TPSA) is 23.8 Å². The maximum atomic E-state index is 7.33. The van der Waals surface area contributed by atoms with E-state index < -0.39 is 0 Å². The van der Waals surface area contributed by atoms with Crippen molar-refractivity contribution >= 4 is 0 Å². The third kappa shape index (κ3) is 2.31. The Bertz CT molecular complexity index is 46.3. The average molecular weight is 114 g/mol. The first-order valence-corrected chi connectivity index (χ1v) is 3.43. The van der Waals surface area contributed by atoms with E-state index in [1.165, 1.54) is 0 Å². The maximum Gasteiger partial charge on any atom is 0.0212 e. The molecule has 8 heavy (non-hydrogen) atoms. The summed E-state index contributed by atoms with van der Waals surface area (Å²) in [5, 5.41) is 0. The molecule has 0 bridgehead atoms. The summed E-state index contributed by atoms with van der Waals surface area (Å²) in [7, 11) is 0. The number of hydrogen-bond acceptors (Lipinski definition) is 0. The predicted molar refractivity (Wildman–Crippen MR) is 36.6 cm³/mol. The van der Waals surface area contributed by atoms with E-state index >= 15 is 0 Å². The van der Waals surface area contributed by atoms with Crippen LogP contribution in [0.15, 0.2) is 0 Å². The van der Waals surface area contributed by atoms with Crippen molar-refractivity contribution in [3.63, 3.8) is 0 Å². The van der Waals surface area contributed by atoms with Crippen LogP contribution in [0.25, 0.3) is 0 Å². The van der Waals surface area contributed by atoms with Crippen molar-refractivity contribution in [3.05, 3.63) is 0 Å². The molecule has 0 rings (SSSR count). The summed E-state index contributed by atoms with van der Waals surface area (Å²) in [4.78, 5) is 0. The van der Waals surface area contributed by atoms with Gasteiger partial charge in [-0.05, 0) is 12.8 Å². The molecule has 0 amide bonds. The van der Waals surface area contributed by atoms with Gasteiger partial charge in [0, 0.05) is 6.04 Å². The molecule has 0 saturated heterocycles. The minimum Gasteiger partial charge on any atom is -0.255 e. The first-order chi connectivity index (χ1) is 3.72. The van der Waals surface area contributed by atoms with Gasteiger partial charge in [-0.25, -0.2) is 0 Å². The molecule has 0 fully saturated rings. The van der Waals surface area contributed by atoms with Gasteiger partial charge in [0.05, 0.1) is 0 Å². The molecule has 1 unspecified atom stereocenters. The summed E-state index contributed by atoms with van der Waals surface area (Å²) in [6, 6.07) is 0.130. The van der Waals surface area contributed by atoms with E-state index in [4.69, 9.17) is 5.73 Å². The Kier molecular flexibility index (Phi) is 3.88. The van der Waals surface area contributed by atoms with Crippen LogP contribution in [0.1, 0.15) is 33.6 Å². The molecule has 1 nitrogen and oxygen atoms in total. The monoisotopic (exact) mass is 114 g/mol. The lowest BCUT2D eigenvalue weighted by molar-refractivity contribution is 0.409. The van der Waals surface area contributed by atoms with E-state index in [1.807, 2.05) is 6.92 Å². The minimum absolute atomic E-state index is 0.130. The third-order valence-electron chi connectivity index (χ3n) is 1.76. The van der Waals surface area contributed by atoms with Crippen LogP contribution >= 0.6 is 0 Å². The molecule has 0 aliphatic heterocycles. The van der Waals surface area contributed by atoms with Gasteiger partial charge in [-0.3, -0.25) is 5.73 Å². The molecule has 0 aromatic carbocycles. The minimum atomic E-state index is 0.130. The zero-order valence-electron chi connectivity index (χ0n) is 6.07. The molecule has 1 atom stereocenters. The summed E-state index contributed by atoms with van der Waals surface area (Å²) in [6.45, 7) is 6.27. The van der Waals surface area contributed by atoms with Gasteiger partial charge in [0.25, 0.3) is 0 Å². The number of hydrogen-bond donors (Lipinski definition) is 0. The Hall–Kier alpha value is -0.0400. The van der Waals surface area contributed by atoms with Gasteiger partial charge in [-0.2, -0.15) is 0 Å². The SMILES string of the molecule is CCC(CC)C(C)[NH]. The number of rotatable bonds is 3. The quantitative estimate of drug-likeness (QED) is 0.536. The van der Waals surface area contributed by atoms with Gasteiger partial charge in [0.1, 0.15) is 0 Å². The summed E-state index contributed by atoms with van der Waals surface area (Å²) in [5.74, 6) is 0.620. The fraction of sp³-hybridized carbons (Fsp3) is 1.00. The fourth-order valence-electron chi connectivity index (χ4n) is 0.996. The van der Waals surface area contributed by atoms with Crippen molar-refractivity contribution in [2.75, 3.05) is 0 Å². The highest BCUT2D eigenvalue weighted by Crippen LogP contribution is 2.10. The molecule has 0 aromatic rings. The fourth-order valence-corrected chi connectivity index (χ4v) is 0.996. The highest BCUT2D eigenvalue weighted by atomic mass is 14.6. The van der Waals surface area contributed by atoms with Gasteiger partial charge < -0.3 is 0 Å². The van der Waals surface area contributed by atoms with Crippen LogP contribution in [0, 0.1) is 5.92 Å². The van der Waals surface area contributed by atoms with E-state index in [0.717, 1.165) is 12.8 Å². The van der Waals surface area contributed by atoms with E-state index in [1.54, 1.807) is 0 Å². The second-order valence-electron chi connectivity index (χ2n) is 2.37. The molecule has 1 heteroatoms. The standard InChI is InChI=1S/C7H16N/c1-4-7(5-2)6(3)8/h6-8H,4-5H2,1-3H3. The second-order valence-corrected chi connectivity index (χ2v) is 2.37. The molecular formula is C7H16N. The first-order valence-electron chi connectivity index (χ1n) is 3.43. The van der Waals surface area contributed by atoms with Crippen LogP contribution in [-0.4, -0.2) is 6.04 Å². The molecular weight excluding hydrogens is 98.1 g/mol. The summed E-state index contributed by atoms with van der Waals surface area (Å²) < 4.78 is 0. The Labute approximate surface area is 52.3 Å². The van der Waals surface area contributed by atoms with Crippen molar-refractivity contribution in [2.45, 2.75) is 39.7 Å². The van der Waals surface area contributed by atoms with Crippen LogP contribution in [-0.2, 0) is 0 Å². The molecule has 0 aliphatic carbocycles. The lowest BCUT2D eigenvalue weighted by Crippen LogP contribution is -2.16. The lowest BCUT2D eigenvalue weighted by atomic mass is 9.97. The lowest BCUT2D eigenvalue weighted by Gasteiger charge is -2.14. The Balaban J connectivity index is 3.35. The van der Waals surface area contributed by atoms with Crippen LogP contribution in [0.5, 0.6) is 0 Å². The first kappa shape index (κ1) is 7.96. The van der Waals surface area contributed by atoms with Crippen LogP contribution in [0.2, 0.25) is 0 Å². The zero-order chi connectivity index (χ0) is 6.57. The molecule has 0 aliphatic rings. The number of nitrogens with one attached hydrogen (secondary N) is 1. The smallest absolute Gasteiger partial charge is 0.0212 e. The Morgan fingerprint density at radius 1 is 1.25 bits per heavy atom. The molecule has 49 valence electrons. The summed E-state index contributed by atoms with van der Waals surface area (Å²) in [5.41, 5.74) is 7.33. The van der Waals surface area contributed by atoms with Crippen molar-refractivity contribution in [1.29, 1.82) is 0 Å². The molecule has 0 spiro atoms. The van der Waals surface area contributed by atoms with Gasteiger partial charge in [0.2, 0.25) is 0 Å². The third-order valence-corrected chi connectivity index (χ3v) is 1.76. The van der Waals surface area contributed by atoms with E-state index in [9.17, 15) is 0 Å². The van der Waals surface area contributed by atoms with Gasteiger partial charge in [-0.1, -0.05) is 26.7 Å². The Morgan fingerprint density at radius 2 is 1.62 bits per heavy atom. The van der Waals surface area contributed by atoms with Gasteiger partial charge >= 0.3 is 0 Å². The van der Waals surface area contributed by atoms with Crippen molar-refractivity contribution < 1.29 is 0 Å². The molecule has 0 saturated carbocycles. The van der Waals surface area contributed by atoms with Crippen LogP contribution < -0.4 is 5.73 Å². The normalized spacial score (nSPS) is 14.6. The highest BCUT2D eigenvalue weighted by Gasteiger charge is 2.07. The summed E-state index contributed by atoms with van der Waals surface area (Å²) in [6.07, 6.45) is 2.31. The predicted octanol–water partition coefficient (Wildman–Crippen LogP) is 2.09. The largest absolute Gasteiger partial charge is 0.255 e. The van der Waals surface area contributed by atoms with Crippen molar-refractivity contribution in [1.82, 2.24) is 5.73 Å². The summed E-state index contributed by atoms with van der Waals surface area (Å²) >= 11 is 0. The van der Waals surface area contributed by atoms with E-state index in [2.05, 4.69) is 13.8 Å². The maximum absolute atomic E-state index is 7.33. The van der Waals surface area contributed by atoms with Crippen molar-refractivity contribution in [2.24, 2.45) is 5.92 Å². The van der Waals surface area contributed by atoms with Gasteiger partial charge in [0.15, 0.2) is 0 Å². The molecule has 0 aromatic heterocycles. The average Bonchev–Trinajstić information content (AvgIpc) is 1.69. The molecule has 0 heterocycles. The Morgan fingerprint density at radius 3 is 1.62 bits per heavy atom. The molecule has 1 N–H and O–H groups in total. The second kappa shape index (κ2) is 3.90. The van der Waals surface area contributed by atoms with E-state index in [-0.39, 0.29) is 6.04 Å². The van der Waals surface area contributed by atoms with Crippen LogP contribution in [0.4, 0.5) is 0 Å².